The van der Waals surface area contributed by atoms with Crippen LogP contribution in [0.1, 0.15) is 41.0 Å². The summed E-state index contributed by atoms with van der Waals surface area (Å²) in [6.45, 7) is 6.03. The Bertz CT molecular complexity index is 493. The highest BCUT2D eigenvalue weighted by Gasteiger charge is 2.34. The van der Waals surface area contributed by atoms with Gasteiger partial charge < -0.3 is 5.11 Å². The van der Waals surface area contributed by atoms with Crippen molar-refractivity contribution in [1.82, 2.24) is 9.80 Å². The Kier molecular flexibility index (Phi) is 5.09. The van der Waals surface area contributed by atoms with E-state index in [0.29, 0.717) is 36.7 Å². The second-order valence-electron chi connectivity index (χ2n) is 5.51. The van der Waals surface area contributed by atoms with E-state index in [2.05, 4.69) is 18.7 Å². The van der Waals surface area contributed by atoms with E-state index >= 15 is 0 Å². The first kappa shape index (κ1) is 15.7. The number of aliphatic hydroxyl groups is 1. The number of hydrogen-bond acceptors (Lipinski definition) is 4. The number of rotatable bonds is 7. The maximum Gasteiger partial charge on any atom is 0.261 e. The minimum absolute atomic E-state index is 0.116. The molecule has 5 heteroatoms. The molecule has 2 amide bonds. The Labute approximate surface area is 125 Å². The van der Waals surface area contributed by atoms with Crippen molar-refractivity contribution in [1.29, 1.82) is 0 Å². The Hall–Kier alpha value is -1.72. The van der Waals surface area contributed by atoms with Crippen LogP contribution in [0.3, 0.4) is 0 Å². The Balaban J connectivity index is 1.93. The van der Waals surface area contributed by atoms with Crippen molar-refractivity contribution in [2.45, 2.75) is 26.3 Å². The average Bonchev–Trinajstić information content (AvgIpc) is 2.71. The summed E-state index contributed by atoms with van der Waals surface area (Å²) in [5, 5.41) is 9.04. The second-order valence-corrected chi connectivity index (χ2v) is 5.51. The molecule has 0 fully saturated rings. The lowest BCUT2D eigenvalue weighted by molar-refractivity contribution is 0.0643. The van der Waals surface area contributed by atoms with Gasteiger partial charge in [-0.15, -0.1) is 0 Å². The zero-order chi connectivity index (χ0) is 15.4. The number of benzene rings is 1. The lowest BCUT2D eigenvalue weighted by Crippen LogP contribution is -2.37. The molecule has 1 N–H and O–H groups in total. The van der Waals surface area contributed by atoms with Gasteiger partial charge in [0, 0.05) is 25.7 Å². The summed E-state index contributed by atoms with van der Waals surface area (Å²) in [6, 6.07) is 7.27. The van der Waals surface area contributed by atoms with Gasteiger partial charge in [0.15, 0.2) is 0 Å². The summed E-state index contributed by atoms with van der Waals surface area (Å²) in [6.07, 6.45) is 0.712. The molecule has 1 heterocycles. The molecular formula is C16H22N2O3. The molecule has 114 valence electrons. The second kappa shape index (κ2) is 6.83. The van der Waals surface area contributed by atoms with Crippen LogP contribution in [-0.2, 0) is 0 Å². The molecule has 21 heavy (non-hydrogen) atoms. The molecule has 1 aromatic rings. The van der Waals surface area contributed by atoms with Crippen LogP contribution in [0, 0.1) is 0 Å². The fraction of sp³-hybridized carbons (Fsp3) is 0.500. The molecule has 1 aromatic carbocycles. The van der Waals surface area contributed by atoms with Crippen LogP contribution in [0.25, 0.3) is 0 Å². The summed E-state index contributed by atoms with van der Waals surface area (Å²) >= 11 is 0. The molecule has 0 unspecified atom stereocenters. The highest BCUT2D eigenvalue weighted by Crippen LogP contribution is 2.22. The number of amides is 2. The zero-order valence-electron chi connectivity index (χ0n) is 12.6. The molecule has 1 aliphatic heterocycles. The number of carbonyl (C=O) groups is 2. The molecule has 5 nitrogen and oxygen atoms in total. The molecule has 0 aromatic heterocycles. The molecular weight excluding hydrogens is 268 g/mol. The van der Waals surface area contributed by atoms with Crippen LogP contribution in [0.5, 0.6) is 0 Å². The molecule has 0 atom stereocenters. The third-order valence-electron chi connectivity index (χ3n) is 3.82. The topological polar surface area (TPSA) is 60.9 Å². The van der Waals surface area contributed by atoms with Gasteiger partial charge in [-0.25, -0.2) is 0 Å². The first-order valence-electron chi connectivity index (χ1n) is 7.36. The number of hydrogen-bond donors (Lipinski definition) is 1. The van der Waals surface area contributed by atoms with Crippen LogP contribution in [0.15, 0.2) is 24.3 Å². The number of nitrogens with zero attached hydrogens (tertiary/aromatic N) is 2. The minimum atomic E-state index is -0.200. The Morgan fingerprint density at radius 3 is 2.14 bits per heavy atom. The van der Waals surface area contributed by atoms with E-state index in [1.165, 1.54) is 4.90 Å². The monoisotopic (exact) mass is 290 g/mol. The van der Waals surface area contributed by atoms with E-state index in [4.69, 9.17) is 5.11 Å². The number of fused-ring (bicyclic) bond motifs is 1. The maximum absolute atomic E-state index is 12.2. The van der Waals surface area contributed by atoms with Crippen molar-refractivity contribution in [2.24, 2.45) is 0 Å². The van der Waals surface area contributed by atoms with Gasteiger partial charge in [0.25, 0.3) is 11.8 Å². The molecule has 0 aliphatic carbocycles. The van der Waals surface area contributed by atoms with Crippen LogP contribution >= 0.6 is 0 Å². The van der Waals surface area contributed by atoms with Gasteiger partial charge in [-0.05, 0) is 32.4 Å². The van der Waals surface area contributed by atoms with E-state index in [0.717, 1.165) is 6.54 Å². The van der Waals surface area contributed by atoms with Crippen molar-refractivity contribution in [3.8, 4) is 0 Å². The van der Waals surface area contributed by atoms with E-state index in [1.54, 1.807) is 24.3 Å². The van der Waals surface area contributed by atoms with Crippen LogP contribution in [-0.4, -0.2) is 59.0 Å². The largest absolute Gasteiger partial charge is 0.395 e. The highest BCUT2D eigenvalue weighted by molar-refractivity contribution is 6.21. The van der Waals surface area contributed by atoms with Crippen molar-refractivity contribution in [2.75, 3.05) is 26.2 Å². The summed E-state index contributed by atoms with van der Waals surface area (Å²) in [5.74, 6) is -0.400. The summed E-state index contributed by atoms with van der Waals surface area (Å²) in [4.78, 5) is 27.8. The fourth-order valence-corrected chi connectivity index (χ4v) is 2.63. The lowest BCUT2D eigenvalue weighted by Gasteiger charge is -2.26. The van der Waals surface area contributed by atoms with Gasteiger partial charge in [0.1, 0.15) is 0 Å². The Morgan fingerprint density at radius 2 is 1.67 bits per heavy atom. The highest BCUT2D eigenvalue weighted by atomic mass is 16.3. The lowest BCUT2D eigenvalue weighted by atomic mass is 10.1. The molecule has 0 spiro atoms. The van der Waals surface area contributed by atoms with Gasteiger partial charge in [0.2, 0.25) is 0 Å². The van der Waals surface area contributed by atoms with Gasteiger partial charge in [-0.1, -0.05) is 12.1 Å². The fourth-order valence-electron chi connectivity index (χ4n) is 2.63. The minimum Gasteiger partial charge on any atom is -0.395 e. The van der Waals surface area contributed by atoms with Crippen molar-refractivity contribution >= 4 is 11.8 Å². The first-order valence-corrected chi connectivity index (χ1v) is 7.36. The van der Waals surface area contributed by atoms with Crippen molar-refractivity contribution < 1.29 is 14.7 Å². The summed E-state index contributed by atoms with van der Waals surface area (Å²) in [5.41, 5.74) is 0.997. The molecule has 2 rings (SSSR count). The normalized spacial score (nSPS) is 14.4. The summed E-state index contributed by atoms with van der Waals surface area (Å²) < 4.78 is 0. The molecule has 0 bridgehead atoms. The van der Waals surface area contributed by atoms with E-state index < -0.39 is 0 Å². The molecule has 0 saturated heterocycles. The predicted octanol–water partition coefficient (Wildman–Crippen LogP) is 1.38. The third kappa shape index (κ3) is 3.31. The average molecular weight is 290 g/mol. The molecule has 1 aliphatic rings. The van der Waals surface area contributed by atoms with Crippen molar-refractivity contribution in [3.63, 3.8) is 0 Å². The van der Waals surface area contributed by atoms with E-state index in [-0.39, 0.29) is 18.4 Å². The quantitative estimate of drug-likeness (QED) is 0.771. The number of aliphatic hydroxyl groups excluding tert-OH is 1. The standard InChI is InChI=1S/C16H22N2O3/c1-12(2)17(10-11-19)8-5-9-18-15(20)13-6-3-4-7-14(13)16(18)21/h3-4,6-7,12,19H,5,8-11H2,1-2H3. The molecule has 0 saturated carbocycles. The van der Waals surface area contributed by atoms with Gasteiger partial charge in [0.05, 0.1) is 17.7 Å². The zero-order valence-corrected chi connectivity index (χ0v) is 12.6. The first-order chi connectivity index (χ1) is 10.1. The predicted molar refractivity (Wildman–Crippen MR) is 80.2 cm³/mol. The van der Waals surface area contributed by atoms with Crippen LogP contribution < -0.4 is 0 Å². The van der Waals surface area contributed by atoms with Crippen LogP contribution in [0.4, 0.5) is 0 Å². The van der Waals surface area contributed by atoms with E-state index in [1.807, 2.05) is 0 Å². The maximum atomic E-state index is 12.2. The van der Waals surface area contributed by atoms with Gasteiger partial charge >= 0.3 is 0 Å². The van der Waals surface area contributed by atoms with Crippen molar-refractivity contribution in [3.05, 3.63) is 35.4 Å². The van der Waals surface area contributed by atoms with Gasteiger partial charge in [-0.2, -0.15) is 0 Å². The SMILES string of the molecule is CC(C)N(CCO)CCCN1C(=O)c2ccccc2C1=O. The number of carbonyl (C=O) groups excluding carboxylic acids is 2. The van der Waals surface area contributed by atoms with E-state index in [9.17, 15) is 9.59 Å². The third-order valence-corrected chi connectivity index (χ3v) is 3.82. The molecule has 0 radical (unpaired) electrons. The smallest absolute Gasteiger partial charge is 0.261 e. The number of imide groups is 1. The van der Waals surface area contributed by atoms with Crippen LogP contribution in [0.2, 0.25) is 0 Å². The Morgan fingerprint density at radius 1 is 1.10 bits per heavy atom. The summed E-state index contributed by atoms with van der Waals surface area (Å²) in [7, 11) is 0. The van der Waals surface area contributed by atoms with Gasteiger partial charge in [-0.3, -0.25) is 19.4 Å².